The van der Waals surface area contributed by atoms with Crippen LogP contribution in [0.1, 0.15) is 44.9 Å². The molecule has 4 nitrogen and oxygen atoms in total. The van der Waals surface area contributed by atoms with Crippen molar-refractivity contribution in [2.45, 2.75) is 69.3 Å². The van der Waals surface area contributed by atoms with Gasteiger partial charge in [-0.05, 0) is 62.0 Å². The molecule has 3 rings (SSSR count). The van der Waals surface area contributed by atoms with Gasteiger partial charge in [0.05, 0.1) is 6.04 Å². The van der Waals surface area contributed by atoms with Crippen molar-refractivity contribution < 1.29 is 19.7 Å². The highest BCUT2D eigenvalue weighted by Crippen LogP contribution is 2.52. The highest BCUT2D eigenvalue weighted by molar-refractivity contribution is 5.21. The largest absolute Gasteiger partial charge is 0.388 e. The molecule has 126 valence electrons. The molecule has 22 heavy (non-hydrogen) atoms. The van der Waals surface area contributed by atoms with Crippen molar-refractivity contribution in [3.63, 3.8) is 0 Å². The molecule has 5 heteroatoms. The third-order valence-electron chi connectivity index (χ3n) is 6.19. The van der Waals surface area contributed by atoms with Gasteiger partial charge in [-0.25, -0.2) is 4.39 Å². The number of alkyl halides is 1. The summed E-state index contributed by atoms with van der Waals surface area (Å²) in [5.41, 5.74) is 0.801. The van der Waals surface area contributed by atoms with E-state index in [1.54, 1.807) is 0 Å². The van der Waals surface area contributed by atoms with Crippen molar-refractivity contribution in [3.8, 4) is 0 Å². The molecule has 0 aromatic rings. The highest BCUT2D eigenvalue weighted by Gasteiger charge is 2.41. The molecule has 0 bridgehead atoms. The molecular weight excluding hydrogens is 285 g/mol. The third-order valence-corrected chi connectivity index (χ3v) is 6.19. The Hall–Kier alpha value is -0.490. The van der Waals surface area contributed by atoms with Crippen LogP contribution in [0.4, 0.5) is 4.39 Å². The van der Waals surface area contributed by atoms with Gasteiger partial charge in [-0.15, -0.1) is 0 Å². The summed E-state index contributed by atoms with van der Waals surface area (Å²) >= 11 is 0. The number of aliphatic hydroxyl groups excluding tert-OH is 3. The Kier molecular flexibility index (Phi) is 4.88. The monoisotopic (exact) mass is 313 g/mol. The van der Waals surface area contributed by atoms with Crippen LogP contribution in [0.3, 0.4) is 0 Å². The lowest BCUT2D eigenvalue weighted by molar-refractivity contribution is -0.0636. The summed E-state index contributed by atoms with van der Waals surface area (Å²) in [7, 11) is 0. The van der Waals surface area contributed by atoms with Crippen LogP contribution in [0, 0.1) is 11.3 Å². The van der Waals surface area contributed by atoms with E-state index in [1.165, 1.54) is 51.0 Å². The molecule has 0 unspecified atom stereocenters. The lowest BCUT2D eigenvalue weighted by Gasteiger charge is -2.47. The summed E-state index contributed by atoms with van der Waals surface area (Å²) in [5.74, 6) is 0.588. The van der Waals surface area contributed by atoms with Crippen LogP contribution in [0.5, 0.6) is 0 Å². The summed E-state index contributed by atoms with van der Waals surface area (Å²) in [4.78, 5) is 0. The minimum absolute atomic E-state index is 0.160. The zero-order valence-electron chi connectivity index (χ0n) is 13.0. The summed E-state index contributed by atoms with van der Waals surface area (Å²) in [6.07, 6.45) is 7.02. The van der Waals surface area contributed by atoms with E-state index in [2.05, 4.69) is 5.32 Å². The first-order valence-electron chi connectivity index (χ1n) is 8.59. The summed E-state index contributed by atoms with van der Waals surface area (Å²) < 4.78 is 12.9. The van der Waals surface area contributed by atoms with E-state index in [1.807, 2.05) is 0 Å². The summed E-state index contributed by atoms with van der Waals surface area (Å²) in [6.45, 7) is -0.0221. The van der Waals surface area contributed by atoms with Crippen LogP contribution >= 0.6 is 0 Å². The minimum atomic E-state index is -1.32. The molecule has 0 aliphatic heterocycles. The summed E-state index contributed by atoms with van der Waals surface area (Å²) in [5, 5.41) is 32.8. The number of aliphatic hydroxyl groups is 3. The van der Waals surface area contributed by atoms with Crippen molar-refractivity contribution in [3.05, 3.63) is 11.6 Å². The smallest absolute Gasteiger partial charge is 0.113 e. The molecule has 3 aliphatic carbocycles. The maximum absolute atomic E-state index is 12.9. The maximum atomic E-state index is 12.9. The topological polar surface area (TPSA) is 72.7 Å². The number of nitrogens with one attached hydrogen (secondary N) is 1. The standard InChI is InChI=1S/C17H28FNO3/c18-9-12-8-13(15(21)16(22)14(12)20)19-10-11-2-6-17(7-3-11)4-1-5-17/h8,11,13-16,19-22H,1-7,9-10H2/t13-,14+,15+,16+/m1/s1. The molecule has 0 aromatic carbocycles. The Labute approximate surface area is 131 Å². The van der Waals surface area contributed by atoms with E-state index in [0.29, 0.717) is 11.3 Å². The van der Waals surface area contributed by atoms with Crippen molar-refractivity contribution in [1.29, 1.82) is 0 Å². The molecule has 1 spiro atoms. The molecule has 0 heterocycles. The van der Waals surface area contributed by atoms with Crippen molar-refractivity contribution in [2.24, 2.45) is 11.3 Å². The first-order chi connectivity index (χ1) is 10.5. The van der Waals surface area contributed by atoms with Gasteiger partial charge in [0.15, 0.2) is 0 Å². The first-order valence-corrected chi connectivity index (χ1v) is 8.59. The van der Waals surface area contributed by atoms with Gasteiger partial charge in [0.2, 0.25) is 0 Å². The van der Waals surface area contributed by atoms with Gasteiger partial charge in [-0.3, -0.25) is 0 Å². The van der Waals surface area contributed by atoms with Crippen molar-refractivity contribution in [1.82, 2.24) is 5.32 Å². The van der Waals surface area contributed by atoms with E-state index >= 15 is 0 Å². The number of hydrogen-bond acceptors (Lipinski definition) is 4. The second-order valence-electron chi connectivity index (χ2n) is 7.53. The van der Waals surface area contributed by atoms with Gasteiger partial charge in [0.25, 0.3) is 0 Å². The molecule has 4 N–H and O–H groups in total. The Morgan fingerprint density at radius 2 is 1.77 bits per heavy atom. The van der Waals surface area contributed by atoms with E-state index < -0.39 is 31.0 Å². The van der Waals surface area contributed by atoms with E-state index in [9.17, 15) is 19.7 Å². The molecule has 3 aliphatic rings. The van der Waals surface area contributed by atoms with E-state index in [-0.39, 0.29) is 5.57 Å². The van der Waals surface area contributed by atoms with Crippen LogP contribution < -0.4 is 5.32 Å². The zero-order valence-corrected chi connectivity index (χ0v) is 13.0. The van der Waals surface area contributed by atoms with E-state index in [4.69, 9.17) is 0 Å². The molecular formula is C17H28FNO3. The fraction of sp³-hybridized carbons (Fsp3) is 0.882. The number of hydrogen-bond donors (Lipinski definition) is 4. The Bertz CT molecular complexity index is 414. The molecule has 2 fully saturated rings. The van der Waals surface area contributed by atoms with Gasteiger partial charge < -0.3 is 20.6 Å². The third kappa shape index (κ3) is 3.09. The average molecular weight is 313 g/mol. The lowest BCUT2D eigenvalue weighted by atomic mass is 9.59. The van der Waals surface area contributed by atoms with E-state index in [0.717, 1.165) is 6.54 Å². The zero-order chi connectivity index (χ0) is 15.7. The van der Waals surface area contributed by atoms with Crippen LogP contribution in [0.15, 0.2) is 11.6 Å². The second kappa shape index (κ2) is 6.56. The van der Waals surface area contributed by atoms with Crippen LogP contribution in [-0.4, -0.2) is 52.9 Å². The first kappa shape index (κ1) is 16.4. The Balaban J connectivity index is 1.51. The quantitative estimate of drug-likeness (QED) is 0.590. The van der Waals surface area contributed by atoms with Gasteiger partial charge in [-0.2, -0.15) is 0 Å². The average Bonchev–Trinajstić information content (AvgIpc) is 2.51. The number of rotatable bonds is 4. The normalized spacial score (nSPS) is 38.6. The SMILES string of the molecule is O[C@@H]1[C@@H](O)[C@@H](O)C(CF)=C[C@H]1NCC1CCC2(CCC2)CC1. The summed E-state index contributed by atoms with van der Waals surface area (Å²) in [6, 6.07) is -0.483. The molecule has 2 saturated carbocycles. The fourth-order valence-electron chi connectivity index (χ4n) is 4.32. The molecule has 0 radical (unpaired) electrons. The maximum Gasteiger partial charge on any atom is 0.113 e. The van der Waals surface area contributed by atoms with Gasteiger partial charge in [0, 0.05) is 0 Å². The second-order valence-corrected chi connectivity index (χ2v) is 7.53. The van der Waals surface area contributed by atoms with Crippen LogP contribution in [0.2, 0.25) is 0 Å². The van der Waals surface area contributed by atoms with Gasteiger partial charge in [0.1, 0.15) is 25.0 Å². The minimum Gasteiger partial charge on any atom is -0.388 e. The molecule has 4 atom stereocenters. The Morgan fingerprint density at radius 3 is 2.32 bits per heavy atom. The Morgan fingerprint density at radius 1 is 1.09 bits per heavy atom. The predicted octanol–water partition coefficient (Wildman–Crippen LogP) is 1.30. The predicted molar refractivity (Wildman–Crippen MR) is 82.1 cm³/mol. The fourth-order valence-corrected chi connectivity index (χ4v) is 4.32. The lowest BCUT2D eigenvalue weighted by Crippen LogP contribution is -2.54. The number of halogens is 1. The van der Waals surface area contributed by atoms with Crippen molar-refractivity contribution in [2.75, 3.05) is 13.2 Å². The van der Waals surface area contributed by atoms with Crippen molar-refractivity contribution >= 4 is 0 Å². The molecule has 0 saturated heterocycles. The molecule has 0 amide bonds. The van der Waals surface area contributed by atoms with Crippen LogP contribution in [0.25, 0.3) is 0 Å². The highest BCUT2D eigenvalue weighted by atomic mass is 19.1. The van der Waals surface area contributed by atoms with Gasteiger partial charge in [-0.1, -0.05) is 12.5 Å². The molecule has 0 aromatic heterocycles. The van der Waals surface area contributed by atoms with Gasteiger partial charge >= 0.3 is 0 Å². The van der Waals surface area contributed by atoms with Crippen LogP contribution in [-0.2, 0) is 0 Å².